The number of amides is 2. The summed E-state index contributed by atoms with van der Waals surface area (Å²) in [6, 6.07) is 9.05. The molecule has 3 nitrogen and oxygen atoms in total. The zero-order chi connectivity index (χ0) is 14.5. The molecule has 0 spiro atoms. The standard InChI is InChI=1S/C17H26N2O/c1-13(2)18-17(20)19-11-6-4-5-10-16(19)15-9-7-8-14(3)12-15/h7-9,12-13,16H,4-6,10-11H2,1-3H3,(H,18,20)/t16-/m1/s1. The summed E-state index contributed by atoms with van der Waals surface area (Å²) in [7, 11) is 0. The van der Waals surface area contributed by atoms with Gasteiger partial charge in [-0.2, -0.15) is 0 Å². The van der Waals surface area contributed by atoms with E-state index in [1.165, 1.54) is 24.0 Å². The first-order chi connectivity index (χ1) is 9.58. The molecule has 1 saturated heterocycles. The molecule has 0 radical (unpaired) electrons. The summed E-state index contributed by atoms with van der Waals surface area (Å²) in [5.41, 5.74) is 2.53. The molecule has 2 amide bonds. The second kappa shape index (κ2) is 6.78. The normalized spacial score (nSPS) is 19.8. The lowest BCUT2D eigenvalue weighted by Gasteiger charge is -2.31. The van der Waals surface area contributed by atoms with E-state index in [4.69, 9.17) is 0 Å². The number of benzene rings is 1. The van der Waals surface area contributed by atoms with Gasteiger partial charge >= 0.3 is 6.03 Å². The molecular formula is C17H26N2O. The summed E-state index contributed by atoms with van der Waals surface area (Å²) in [6.45, 7) is 6.99. The van der Waals surface area contributed by atoms with E-state index < -0.39 is 0 Å². The molecule has 1 aromatic carbocycles. The van der Waals surface area contributed by atoms with Crippen molar-refractivity contribution in [2.75, 3.05) is 6.54 Å². The molecule has 20 heavy (non-hydrogen) atoms. The number of rotatable bonds is 2. The Morgan fingerprint density at radius 3 is 2.80 bits per heavy atom. The van der Waals surface area contributed by atoms with Gasteiger partial charge in [-0.3, -0.25) is 0 Å². The lowest BCUT2D eigenvalue weighted by molar-refractivity contribution is 0.173. The van der Waals surface area contributed by atoms with Gasteiger partial charge in [-0.1, -0.05) is 42.7 Å². The first-order valence-electron chi connectivity index (χ1n) is 7.71. The molecule has 0 unspecified atom stereocenters. The Morgan fingerprint density at radius 2 is 2.10 bits per heavy atom. The fraction of sp³-hybridized carbons (Fsp3) is 0.588. The summed E-state index contributed by atoms with van der Waals surface area (Å²) in [4.78, 5) is 14.5. The predicted octanol–water partition coefficient (Wildman–Crippen LogP) is 4.03. The Bertz CT molecular complexity index is 456. The van der Waals surface area contributed by atoms with Crippen LogP contribution in [0.5, 0.6) is 0 Å². The lowest BCUT2D eigenvalue weighted by Crippen LogP contribution is -2.44. The van der Waals surface area contributed by atoms with Crippen molar-refractivity contribution in [1.29, 1.82) is 0 Å². The van der Waals surface area contributed by atoms with Crippen LogP contribution in [0.2, 0.25) is 0 Å². The van der Waals surface area contributed by atoms with E-state index in [1.54, 1.807) is 0 Å². The van der Waals surface area contributed by atoms with E-state index in [0.29, 0.717) is 0 Å². The van der Waals surface area contributed by atoms with Gasteiger partial charge in [-0.15, -0.1) is 0 Å². The molecular weight excluding hydrogens is 248 g/mol. The maximum Gasteiger partial charge on any atom is 0.318 e. The minimum Gasteiger partial charge on any atom is -0.336 e. The highest BCUT2D eigenvalue weighted by molar-refractivity contribution is 5.75. The van der Waals surface area contributed by atoms with Crippen LogP contribution in [0.25, 0.3) is 0 Å². The summed E-state index contributed by atoms with van der Waals surface area (Å²) < 4.78 is 0. The van der Waals surface area contributed by atoms with Gasteiger partial charge in [0, 0.05) is 12.6 Å². The number of hydrogen-bond acceptors (Lipinski definition) is 1. The monoisotopic (exact) mass is 274 g/mol. The third-order valence-electron chi connectivity index (χ3n) is 3.85. The fourth-order valence-electron chi connectivity index (χ4n) is 2.91. The topological polar surface area (TPSA) is 32.3 Å². The highest BCUT2D eigenvalue weighted by Crippen LogP contribution is 2.30. The zero-order valence-electron chi connectivity index (χ0n) is 12.9. The van der Waals surface area contributed by atoms with Crippen LogP contribution >= 0.6 is 0 Å². The van der Waals surface area contributed by atoms with Gasteiger partial charge in [0.05, 0.1) is 6.04 Å². The van der Waals surface area contributed by atoms with E-state index in [9.17, 15) is 4.79 Å². The summed E-state index contributed by atoms with van der Waals surface area (Å²) in [5.74, 6) is 0. The number of hydrogen-bond donors (Lipinski definition) is 1. The number of urea groups is 1. The second-order valence-corrected chi connectivity index (χ2v) is 6.08. The molecule has 1 heterocycles. The van der Waals surface area contributed by atoms with Crippen LogP contribution < -0.4 is 5.32 Å². The number of nitrogens with one attached hydrogen (secondary N) is 1. The third kappa shape index (κ3) is 3.75. The van der Waals surface area contributed by atoms with Crippen LogP contribution in [0.15, 0.2) is 24.3 Å². The Hall–Kier alpha value is -1.51. The summed E-state index contributed by atoms with van der Waals surface area (Å²) in [5, 5.41) is 3.04. The number of likely N-dealkylation sites (tertiary alicyclic amines) is 1. The maximum absolute atomic E-state index is 12.4. The average molecular weight is 274 g/mol. The highest BCUT2D eigenvalue weighted by Gasteiger charge is 2.26. The van der Waals surface area contributed by atoms with Gasteiger partial charge < -0.3 is 10.2 Å². The molecule has 2 rings (SSSR count). The molecule has 0 bridgehead atoms. The van der Waals surface area contributed by atoms with Gasteiger partial charge in [0.15, 0.2) is 0 Å². The van der Waals surface area contributed by atoms with E-state index in [1.807, 2.05) is 18.7 Å². The second-order valence-electron chi connectivity index (χ2n) is 6.08. The Balaban J connectivity index is 2.23. The first-order valence-corrected chi connectivity index (χ1v) is 7.71. The van der Waals surface area contributed by atoms with Crippen molar-refractivity contribution in [2.24, 2.45) is 0 Å². The van der Waals surface area contributed by atoms with E-state index in [0.717, 1.165) is 19.4 Å². The molecule has 0 aliphatic carbocycles. The average Bonchev–Trinajstić information content (AvgIpc) is 2.63. The van der Waals surface area contributed by atoms with Crippen molar-refractivity contribution in [3.63, 3.8) is 0 Å². The van der Waals surface area contributed by atoms with Gasteiger partial charge in [0.25, 0.3) is 0 Å². The van der Waals surface area contributed by atoms with Crippen LogP contribution in [0.1, 0.15) is 56.7 Å². The van der Waals surface area contributed by atoms with Crippen molar-refractivity contribution in [3.05, 3.63) is 35.4 Å². The third-order valence-corrected chi connectivity index (χ3v) is 3.85. The molecule has 1 aliphatic rings. The maximum atomic E-state index is 12.4. The van der Waals surface area contributed by atoms with Crippen LogP contribution in [0, 0.1) is 6.92 Å². The smallest absolute Gasteiger partial charge is 0.318 e. The highest BCUT2D eigenvalue weighted by atomic mass is 16.2. The molecule has 1 atom stereocenters. The van der Waals surface area contributed by atoms with Crippen molar-refractivity contribution in [2.45, 2.75) is 58.5 Å². The summed E-state index contributed by atoms with van der Waals surface area (Å²) >= 11 is 0. The number of nitrogens with zero attached hydrogens (tertiary/aromatic N) is 1. The van der Waals surface area contributed by atoms with E-state index >= 15 is 0 Å². The van der Waals surface area contributed by atoms with Crippen molar-refractivity contribution in [3.8, 4) is 0 Å². The van der Waals surface area contributed by atoms with Gasteiger partial charge in [0.2, 0.25) is 0 Å². The molecule has 3 heteroatoms. The Kier molecular flexibility index (Phi) is 5.05. The largest absolute Gasteiger partial charge is 0.336 e. The van der Waals surface area contributed by atoms with Crippen LogP contribution in [0.4, 0.5) is 4.79 Å². The minimum atomic E-state index is 0.0772. The lowest BCUT2D eigenvalue weighted by atomic mass is 9.99. The molecule has 1 aliphatic heterocycles. The molecule has 1 fully saturated rings. The van der Waals surface area contributed by atoms with Crippen molar-refractivity contribution >= 4 is 6.03 Å². The predicted molar refractivity (Wildman–Crippen MR) is 82.8 cm³/mol. The van der Waals surface area contributed by atoms with Gasteiger partial charge in [-0.05, 0) is 39.2 Å². The van der Waals surface area contributed by atoms with Crippen LogP contribution in [0.3, 0.4) is 0 Å². The van der Waals surface area contributed by atoms with Crippen molar-refractivity contribution < 1.29 is 4.79 Å². The molecule has 0 saturated carbocycles. The number of carbonyl (C=O) groups excluding carboxylic acids is 1. The number of aryl methyl sites for hydroxylation is 1. The Labute approximate surface area is 122 Å². The fourth-order valence-corrected chi connectivity index (χ4v) is 2.91. The molecule has 1 aromatic rings. The van der Waals surface area contributed by atoms with Crippen LogP contribution in [-0.2, 0) is 0 Å². The summed E-state index contributed by atoms with van der Waals surface area (Å²) in [6.07, 6.45) is 4.58. The van der Waals surface area contributed by atoms with Crippen molar-refractivity contribution in [1.82, 2.24) is 10.2 Å². The molecule has 110 valence electrons. The SMILES string of the molecule is Cc1cccc([C@H]2CCCCCN2C(=O)NC(C)C)c1. The molecule has 0 aromatic heterocycles. The Morgan fingerprint density at radius 1 is 1.30 bits per heavy atom. The van der Waals surface area contributed by atoms with E-state index in [2.05, 4.69) is 36.5 Å². The van der Waals surface area contributed by atoms with E-state index in [-0.39, 0.29) is 18.1 Å². The zero-order valence-corrected chi connectivity index (χ0v) is 12.9. The number of carbonyl (C=O) groups is 1. The first kappa shape index (κ1) is 14.9. The van der Waals surface area contributed by atoms with Gasteiger partial charge in [0.1, 0.15) is 0 Å². The minimum absolute atomic E-state index is 0.0772. The quantitative estimate of drug-likeness (QED) is 0.867. The molecule has 1 N–H and O–H groups in total. The van der Waals surface area contributed by atoms with Crippen LogP contribution in [-0.4, -0.2) is 23.5 Å². The van der Waals surface area contributed by atoms with Gasteiger partial charge in [-0.25, -0.2) is 4.79 Å².